The summed E-state index contributed by atoms with van der Waals surface area (Å²) in [5.41, 5.74) is 0.612. The van der Waals surface area contributed by atoms with E-state index in [1.165, 1.54) is 6.07 Å². The summed E-state index contributed by atoms with van der Waals surface area (Å²) in [6.07, 6.45) is 7.03. The topological polar surface area (TPSA) is 70.4 Å². The van der Waals surface area contributed by atoms with Gasteiger partial charge in [-0.2, -0.15) is 0 Å². The molecule has 4 heterocycles. The Balaban J connectivity index is 1.19. The van der Waals surface area contributed by atoms with Gasteiger partial charge >= 0.3 is 0 Å². The standard InChI is InChI=1S/C23H26FN7O/c24-19-5-1-2-6-20(19)28-12-14-29(15-13-28)23(32)18-4-3-10-30(16-18)21-7-8-22(27-26-21)31-11-9-25-17-31/h1-2,5-9,11,17-18H,3-4,10,12-16H2. The number of nitrogens with zero attached hydrogens (tertiary/aromatic N) is 7. The van der Waals surface area contributed by atoms with E-state index in [2.05, 4.69) is 20.1 Å². The van der Waals surface area contributed by atoms with E-state index in [0.29, 0.717) is 44.2 Å². The van der Waals surface area contributed by atoms with Crippen LogP contribution in [0.5, 0.6) is 0 Å². The van der Waals surface area contributed by atoms with Gasteiger partial charge in [0.2, 0.25) is 5.91 Å². The van der Waals surface area contributed by atoms with E-state index in [9.17, 15) is 9.18 Å². The van der Waals surface area contributed by atoms with E-state index in [1.807, 2.05) is 34.2 Å². The molecule has 2 aromatic heterocycles. The van der Waals surface area contributed by atoms with Crippen LogP contribution in [0.15, 0.2) is 55.1 Å². The van der Waals surface area contributed by atoms with Crippen LogP contribution in [0, 0.1) is 11.7 Å². The normalized spacial score (nSPS) is 19.3. The van der Waals surface area contributed by atoms with Gasteiger partial charge in [0.25, 0.3) is 0 Å². The molecule has 3 aromatic rings. The van der Waals surface area contributed by atoms with Gasteiger partial charge in [0.15, 0.2) is 11.6 Å². The zero-order chi connectivity index (χ0) is 21.9. The highest BCUT2D eigenvalue weighted by atomic mass is 19.1. The number of amides is 1. The van der Waals surface area contributed by atoms with E-state index in [-0.39, 0.29) is 17.6 Å². The van der Waals surface area contributed by atoms with Crippen LogP contribution >= 0.6 is 0 Å². The molecule has 0 aliphatic carbocycles. The molecule has 166 valence electrons. The molecule has 2 aliphatic heterocycles. The number of aromatic nitrogens is 4. The second kappa shape index (κ2) is 8.94. The van der Waals surface area contributed by atoms with Crippen LogP contribution in [0.2, 0.25) is 0 Å². The minimum Gasteiger partial charge on any atom is -0.366 e. The van der Waals surface area contributed by atoms with Crippen LogP contribution in [0.3, 0.4) is 0 Å². The summed E-state index contributed by atoms with van der Waals surface area (Å²) in [5, 5.41) is 8.68. The number of carbonyl (C=O) groups is 1. The van der Waals surface area contributed by atoms with Crippen LogP contribution in [0.4, 0.5) is 15.9 Å². The van der Waals surface area contributed by atoms with Crippen molar-refractivity contribution in [3.63, 3.8) is 0 Å². The second-order valence-corrected chi connectivity index (χ2v) is 8.27. The van der Waals surface area contributed by atoms with Crippen LogP contribution in [-0.2, 0) is 4.79 Å². The van der Waals surface area contributed by atoms with Crippen LogP contribution < -0.4 is 9.80 Å². The molecule has 1 amide bonds. The molecule has 1 aromatic carbocycles. The number of hydrogen-bond acceptors (Lipinski definition) is 6. The second-order valence-electron chi connectivity index (χ2n) is 8.27. The number of rotatable bonds is 4. The van der Waals surface area contributed by atoms with Crippen molar-refractivity contribution in [2.45, 2.75) is 12.8 Å². The molecular weight excluding hydrogens is 409 g/mol. The van der Waals surface area contributed by atoms with E-state index in [0.717, 1.165) is 25.2 Å². The van der Waals surface area contributed by atoms with Gasteiger partial charge in [-0.1, -0.05) is 12.1 Å². The summed E-state index contributed by atoms with van der Waals surface area (Å²) in [7, 11) is 0. The Hall–Kier alpha value is -3.49. The van der Waals surface area contributed by atoms with Crippen molar-refractivity contribution in [1.29, 1.82) is 0 Å². The van der Waals surface area contributed by atoms with Crippen molar-refractivity contribution in [3.05, 3.63) is 60.9 Å². The number of piperazine rings is 1. The first-order chi connectivity index (χ1) is 15.7. The van der Waals surface area contributed by atoms with Crippen molar-refractivity contribution >= 4 is 17.4 Å². The Kier molecular flexibility index (Phi) is 5.70. The van der Waals surface area contributed by atoms with Crippen molar-refractivity contribution in [3.8, 4) is 5.82 Å². The molecule has 2 saturated heterocycles. The number of halogens is 1. The first kappa shape index (κ1) is 20.4. The molecule has 5 rings (SSSR count). The minimum atomic E-state index is -0.213. The molecule has 2 aliphatic rings. The van der Waals surface area contributed by atoms with Gasteiger partial charge in [-0.15, -0.1) is 10.2 Å². The third-order valence-electron chi connectivity index (χ3n) is 6.28. The molecule has 8 nitrogen and oxygen atoms in total. The first-order valence-corrected chi connectivity index (χ1v) is 11.0. The number of anilines is 2. The Morgan fingerprint density at radius 3 is 2.44 bits per heavy atom. The maximum Gasteiger partial charge on any atom is 0.227 e. The van der Waals surface area contributed by atoms with Crippen LogP contribution in [0.1, 0.15) is 12.8 Å². The maximum atomic E-state index is 14.1. The summed E-state index contributed by atoms with van der Waals surface area (Å²) in [6, 6.07) is 10.7. The number of para-hydroxylation sites is 1. The molecule has 0 radical (unpaired) electrons. The number of benzene rings is 1. The lowest BCUT2D eigenvalue weighted by Gasteiger charge is -2.40. The summed E-state index contributed by atoms with van der Waals surface area (Å²) >= 11 is 0. The Morgan fingerprint density at radius 2 is 1.72 bits per heavy atom. The SMILES string of the molecule is O=C(C1CCCN(c2ccc(-n3ccnc3)nn2)C1)N1CCN(c2ccccc2F)CC1. The monoisotopic (exact) mass is 435 g/mol. The van der Waals surface area contributed by atoms with Gasteiger partial charge in [-0.3, -0.25) is 9.36 Å². The molecule has 1 unspecified atom stereocenters. The van der Waals surface area contributed by atoms with Crippen LogP contribution in [-0.4, -0.2) is 69.8 Å². The maximum absolute atomic E-state index is 14.1. The van der Waals surface area contributed by atoms with Gasteiger partial charge in [0.1, 0.15) is 12.1 Å². The Labute approximate surface area is 186 Å². The molecule has 2 fully saturated rings. The van der Waals surface area contributed by atoms with Crippen LogP contribution in [0.25, 0.3) is 5.82 Å². The molecule has 0 saturated carbocycles. The zero-order valence-electron chi connectivity index (χ0n) is 17.8. The predicted octanol–water partition coefficient (Wildman–Crippen LogP) is 2.37. The van der Waals surface area contributed by atoms with Gasteiger partial charge in [0.05, 0.1) is 11.6 Å². The summed E-state index contributed by atoms with van der Waals surface area (Å²) < 4.78 is 15.9. The third kappa shape index (κ3) is 4.15. The largest absolute Gasteiger partial charge is 0.366 e. The smallest absolute Gasteiger partial charge is 0.227 e. The van der Waals surface area contributed by atoms with E-state index >= 15 is 0 Å². The summed E-state index contributed by atoms with van der Waals surface area (Å²) in [6.45, 7) is 4.02. The number of piperidine rings is 1. The van der Waals surface area contributed by atoms with Gasteiger partial charge in [-0.05, 0) is 37.1 Å². The van der Waals surface area contributed by atoms with Gasteiger partial charge in [-0.25, -0.2) is 9.37 Å². The average molecular weight is 436 g/mol. The molecule has 9 heteroatoms. The molecule has 0 bridgehead atoms. The minimum absolute atomic E-state index is 0.0566. The Bertz CT molecular complexity index is 1050. The fourth-order valence-corrected chi connectivity index (χ4v) is 4.54. The van der Waals surface area contributed by atoms with E-state index in [4.69, 9.17) is 0 Å². The average Bonchev–Trinajstić information content (AvgIpc) is 3.39. The quantitative estimate of drug-likeness (QED) is 0.627. The number of hydrogen-bond donors (Lipinski definition) is 0. The van der Waals surface area contributed by atoms with Gasteiger partial charge in [0, 0.05) is 51.7 Å². The first-order valence-electron chi connectivity index (χ1n) is 11.0. The highest BCUT2D eigenvalue weighted by molar-refractivity contribution is 5.80. The molecule has 0 N–H and O–H groups in total. The lowest BCUT2D eigenvalue weighted by Crippen LogP contribution is -2.52. The molecule has 0 spiro atoms. The fraction of sp³-hybridized carbons (Fsp3) is 0.391. The molecule has 1 atom stereocenters. The summed E-state index contributed by atoms with van der Waals surface area (Å²) in [4.78, 5) is 23.3. The van der Waals surface area contributed by atoms with Crippen molar-refractivity contribution in [2.24, 2.45) is 5.92 Å². The van der Waals surface area contributed by atoms with E-state index in [1.54, 1.807) is 29.2 Å². The fourth-order valence-electron chi connectivity index (χ4n) is 4.54. The number of imidazole rings is 1. The van der Waals surface area contributed by atoms with Crippen molar-refractivity contribution in [2.75, 3.05) is 49.1 Å². The molecule has 32 heavy (non-hydrogen) atoms. The highest BCUT2D eigenvalue weighted by Crippen LogP contribution is 2.25. The van der Waals surface area contributed by atoms with Crippen molar-refractivity contribution < 1.29 is 9.18 Å². The highest BCUT2D eigenvalue weighted by Gasteiger charge is 2.32. The zero-order valence-corrected chi connectivity index (χ0v) is 17.8. The lowest BCUT2D eigenvalue weighted by molar-refractivity contribution is -0.136. The van der Waals surface area contributed by atoms with Crippen molar-refractivity contribution in [1.82, 2.24) is 24.6 Å². The molecular formula is C23H26FN7O. The summed E-state index contributed by atoms with van der Waals surface area (Å²) in [5.74, 6) is 1.42. The predicted molar refractivity (Wildman–Crippen MR) is 119 cm³/mol. The number of carbonyl (C=O) groups excluding carboxylic acids is 1. The lowest BCUT2D eigenvalue weighted by atomic mass is 9.96. The Morgan fingerprint density at radius 1 is 0.938 bits per heavy atom. The van der Waals surface area contributed by atoms with Gasteiger partial charge < -0.3 is 14.7 Å². The third-order valence-corrected chi connectivity index (χ3v) is 6.28. The van der Waals surface area contributed by atoms with E-state index < -0.39 is 0 Å².